The van der Waals surface area contributed by atoms with Crippen molar-refractivity contribution < 1.29 is 19.2 Å². The Balaban J connectivity index is 1.86. The number of hydrogen-bond acceptors (Lipinski definition) is 6. The van der Waals surface area contributed by atoms with Crippen LogP contribution in [0.4, 0.5) is 5.00 Å². The van der Waals surface area contributed by atoms with Crippen LogP contribution in [-0.2, 0) is 9.53 Å². The summed E-state index contributed by atoms with van der Waals surface area (Å²) in [4.78, 5) is 33.5. The van der Waals surface area contributed by atoms with E-state index in [2.05, 4.69) is 5.32 Å². The van der Waals surface area contributed by atoms with Gasteiger partial charge in [-0.05, 0) is 25.7 Å². The first-order valence-corrected chi connectivity index (χ1v) is 7.51. The maximum atomic E-state index is 12.0. The van der Waals surface area contributed by atoms with Gasteiger partial charge in [0.05, 0.1) is 23.5 Å². The van der Waals surface area contributed by atoms with Crippen molar-refractivity contribution in [3.8, 4) is 0 Å². The molecule has 1 N–H and O–H groups in total. The molecule has 1 saturated carbocycles. The van der Waals surface area contributed by atoms with Crippen LogP contribution in [0, 0.1) is 16.0 Å². The minimum atomic E-state index is -0.511. The van der Waals surface area contributed by atoms with Crippen molar-refractivity contribution in [2.45, 2.75) is 31.7 Å². The van der Waals surface area contributed by atoms with Gasteiger partial charge in [0.2, 0.25) is 0 Å². The van der Waals surface area contributed by atoms with Crippen LogP contribution in [0.3, 0.4) is 0 Å². The highest BCUT2D eigenvalue weighted by Gasteiger charge is 2.28. The van der Waals surface area contributed by atoms with E-state index in [1.165, 1.54) is 18.6 Å². The lowest BCUT2D eigenvalue weighted by Gasteiger charge is -2.27. The summed E-state index contributed by atoms with van der Waals surface area (Å²) in [5.41, 5.74) is 0.307. The molecule has 2 rings (SSSR count). The summed E-state index contributed by atoms with van der Waals surface area (Å²) in [7, 11) is 1.37. The van der Waals surface area contributed by atoms with Crippen molar-refractivity contribution >= 4 is 28.2 Å². The van der Waals surface area contributed by atoms with E-state index >= 15 is 0 Å². The molecule has 1 amide bonds. The number of ether oxygens (including phenoxy) is 1. The van der Waals surface area contributed by atoms with Crippen molar-refractivity contribution in [2.24, 2.45) is 5.92 Å². The van der Waals surface area contributed by atoms with Crippen molar-refractivity contribution in [1.29, 1.82) is 0 Å². The van der Waals surface area contributed by atoms with Gasteiger partial charge in [-0.3, -0.25) is 19.7 Å². The molecule has 1 fully saturated rings. The molecule has 0 aliphatic heterocycles. The highest BCUT2D eigenvalue weighted by molar-refractivity contribution is 7.13. The number of hydrogen-bond donors (Lipinski definition) is 1. The van der Waals surface area contributed by atoms with Crippen LogP contribution >= 0.6 is 11.3 Å². The Hall–Kier alpha value is -1.96. The zero-order chi connectivity index (χ0) is 15.4. The Bertz CT molecular complexity index is 549. The lowest BCUT2D eigenvalue weighted by molar-refractivity contribution is -0.380. The summed E-state index contributed by atoms with van der Waals surface area (Å²) in [5.74, 6) is -0.598. The highest BCUT2D eigenvalue weighted by Crippen LogP contribution is 2.26. The number of nitrogens with zero attached hydrogens (tertiary/aromatic N) is 1. The second kappa shape index (κ2) is 6.66. The largest absolute Gasteiger partial charge is 0.469 e. The molecule has 0 spiro atoms. The zero-order valence-corrected chi connectivity index (χ0v) is 12.4. The van der Waals surface area contributed by atoms with E-state index in [4.69, 9.17) is 4.74 Å². The molecule has 8 heteroatoms. The number of carbonyl (C=O) groups is 2. The number of esters is 1. The minimum absolute atomic E-state index is 0.00244. The van der Waals surface area contributed by atoms with Gasteiger partial charge < -0.3 is 10.1 Å². The third-order valence-electron chi connectivity index (χ3n) is 3.62. The van der Waals surface area contributed by atoms with Crippen molar-refractivity contribution in [3.63, 3.8) is 0 Å². The molecule has 0 bridgehead atoms. The summed E-state index contributed by atoms with van der Waals surface area (Å²) >= 11 is 0.934. The predicted octanol–water partition coefficient (Wildman–Crippen LogP) is 2.12. The van der Waals surface area contributed by atoms with Gasteiger partial charge in [0.15, 0.2) is 0 Å². The first-order chi connectivity index (χ1) is 10.0. The third kappa shape index (κ3) is 3.78. The maximum absolute atomic E-state index is 12.0. The van der Waals surface area contributed by atoms with E-state index in [1.807, 2.05) is 0 Å². The molecule has 0 radical (unpaired) electrons. The standard InChI is InChI=1S/C13H16N2O5S/c1-20-13(17)8-2-4-10(5-3-8)14-12(16)9-6-11(15(18)19)21-7-9/h6-8,10H,2-5H2,1H3,(H,14,16). The first kappa shape index (κ1) is 15.4. The van der Waals surface area contributed by atoms with E-state index in [0.717, 1.165) is 11.3 Å². The Labute approximate surface area is 125 Å². The van der Waals surface area contributed by atoms with Crippen LogP contribution < -0.4 is 5.32 Å². The highest BCUT2D eigenvalue weighted by atomic mass is 32.1. The number of thiophene rings is 1. The van der Waals surface area contributed by atoms with Crippen molar-refractivity contribution in [1.82, 2.24) is 5.32 Å². The van der Waals surface area contributed by atoms with Gasteiger partial charge in [-0.25, -0.2) is 0 Å². The molecular weight excluding hydrogens is 296 g/mol. The molecule has 0 atom stereocenters. The van der Waals surface area contributed by atoms with Crippen molar-refractivity contribution in [2.75, 3.05) is 7.11 Å². The number of nitro groups is 1. The molecular formula is C13H16N2O5S. The number of amides is 1. The van der Waals surface area contributed by atoms with Crippen LogP contribution in [0.25, 0.3) is 0 Å². The molecule has 1 aromatic rings. The SMILES string of the molecule is COC(=O)C1CCC(NC(=O)c2csc([N+](=O)[O-])c2)CC1. The normalized spacial score (nSPS) is 21.6. The van der Waals surface area contributed by atoms with E-state index in [0.29, 0.717) is 31.2 Å². The average molecular weight is 312 g/mol. The van der Waals surface area contributed by atoms with E-state index < -0.39 is 4.92 Å². The fourth-order valence-electron chi connectivity index (χ4n) is 2.45. The van der Waals surface area contributed by atoms with Gasteiger partial charge in [0.1, 0.15) is 0 Å². The monoisotopic (exact) mass is 312 g/mol. The van der Waals surface area contributed by atoms with E-state index in [1.54, 1.807) is 0 Å². The van der Waals surface area contributed by atoms with Gasteiger partial charge in [-0.15, -0.1) is 0 Å². The fraction of sp³-hybridized carbons (Fsp3) is 0.538. The number of nitrogens with one attached hydrogen (secondary N) is 1. The molecule has 21 heavy (non-hydrogen) atoms. The Morgan fingerprint density at radius 3 is 2.57 bits per heavy atom. The van der Waals surface area contributed by atoms with Crippen molar-refractivity contribution in [3.05, 3.63) is 27.1 Å². The molecule has 0 unspecified atom stereocenters. The van der Waals surface area contributed by atoms with Crippen LogP contribution in [0.15, 0.2) is 11.4 Å². The second-order valence-electron chi connectivity index (χ2n) is 4.98. The van der Waals surface area contributed by atoms with Gasteiger partial charge in [0, 0.05) is 17.5 Å². The lowest BCUT2D eigenvalue weighted by Crippen LogP contribution is -2.38. The molecule has 1 heterocycles. The Kier molecular flexibility index (Phi) is 4.89. The fourth-order valence-corrected chi connectivity index (χ4v) is 3.15. The molecule has 0 saturated heterocycles. The summed E-state index contributed by atoms with van der Waals surface area (Å²) in [6.07, 6.45) is 2.78. The first-order valence-electron chi connectivity index (χ1n) is 6.63. The van der Waals surface area contributed by atoms with Gasteiger partial charge in [0.25, 0.3) is 5.91 Å². The smallest absolute Gasteiger partial charge is 0.324 e. The molecule has 114 valence electrons. The topological polar surface area (TPSA) is 98.5 Å². The number of rotatable bonds is 4. The Morgan fingerprint density at radius 1 is 1.38 bits per heavy atom. The molecule has 7 nitrogen and oxygen atoms in total. The average Bonchev–Trinajstić information content (AvgIpc) is 2.97. The van der Waals surface area contributed by atoms with Crippen LogP contribution in [0.2, 0.25) is 0 Å². The minimum Gasteiger partial charge on any atom is -0.469 e. The van der Waals surface area contributed by atoms with Gasteiger partial charge in [-0.2, -0.15) is 0 Å². The van der Waals surface area contributed by atoms with Gasteiger partial charge in [-0.1, -0.05) is 11.3 Å². The van der Waals surface area contributed by atoms with Crippen LogP contribution in [-0.4, -0.2) is 30.0 Å². The van der Waals surface area contributed by atoms with Crippen LogP contribution in [0.1, 0.15) is 36.0 Å². The molecule has 0 aromatic carbocycles. The summed E-state index contributed by atoms with van der Waals surface area (Å²) in [6, 6.07) is 1.28. The summed E-state index contributed by atoms with van der Waals surface area (Å²) in [5, 5.41) is 14.9. The van der Waals surface area contributed by atoms with Gasteiger partial charge >= 0.3 is 11.0 Å². The molecule has 1 aliphatic carbocycles. The third-order valence-corrected chi connectivity index (χ3v) is 4.50. The second-order valence-corrected chi connectivity index (χ2v) is 5.87. The molecule has 1 aliphatic rings. The summed E-state index contributed by atoms with van der Waals surface area (Å²) < 4.78 is 4.71. The van der Waals surface area contributed by atoms with E-state index in [-0.39, 0.29) is 28.8 Å². The molecule has 1 aromatic heterocycles. The lowest BCUT2D eigenvalue weighted by atomic mass is 9.86. The predicted molar refractivity (Wildman–Crippen MR) is 76.2 cm³/mol. The summed E-state index contributed by atoms with van der Waals surface area (Å²) in [6.45, 7) is 0. The number of methoxy groups -OCH3 is 1. The zero-order valence-electron chi connectivity index (χ0n) is 11.5. The number of carbonyl (C=O) groups excluding carboxylic acids is 2. The van der Waals surface area contributed by atoms with Crippen LogP contribution in [0.5, 0.6) is 0 Å². The Morgan fingerprint density at radius 2 is 2.05 bits per heavy atom. The van der Waals surface area contributed by atoms with E-state index in [9.17, 15) is 19.7 Å². The maximum Gasteiger partial charge on any atom is 0.324 e. The quantitative estimate of drug-likeness (QED) is 0.521.